The molecule has 7 nitrogen and oxygen atoms in total. The lowest BCUT2D eigenvalue weighted by molar-refractivity contribution is 0.0709. The highest BCUT2D eigenvalue weighted by molar-refractivity contribution is 5.96. The maximum atomic E-state index is 12.6. The Morgan fingerprint density at radius 1 is 1.32 bits per heavy atom. The van der Waals surface area contributed by atoms with Gasteiger partial charge in [0.05, 0.1) is 0 Å². The summed E-state index contributed by atoms with van der Waals surface area (Å²) in [7, 11) is 1.84. The number of phenolic OH excluding ortho intramolecular Hbond substituents is 1. The molecule has 1 amide bonds. The Kier molecular flexibility index (Phi) is 3.79. The van der Waals surface area contributed by atoms with Crippen molar-refractivity contribution in [1.29, 1.82) is 0 Å². The van der Waals surface area contributed by atoms with Crippen LogP contribution in [0.15, 0.2) is 18.2 Å². The predicted octanol–water partition coefficient (Wildman–Crippen LogP) is 1.24. The van der Waals surface area contributed by atoms with E-state index in [1.54, 1.807) is 16.8 Å². The number of aromatic hydroxyl groups is 1. The van der Waals surface area contributed by atoms with Crippen LogP contribution in [0.5, 0.6) is 5.75 Å². The first-order valence-electron chi connectivity index (χ1n) is 7.37. The van der Waals surface area contributed by atoms with Crippen LogP contribution < -0.4 is 0 Å². The predicted molar refractivity (Wildman–Crippen MR) is 79.5 cm³/mol. The van der Waals surface area contributed by atoms with Crippen molar-refractivity contribution in [3.8, 4) is 5.75 Å². The highest BCUT2D eigenvalue weighted by Gasteiger charge is 2.27. The summed E-state index contributed by atoms with van der Waals surface area (Å²) in [6.45, 7) is 3.22. The smallest absolute Gasteiger partial charge is 0.254 e. The number of tetrazole rings is 1. The topological polar surface area (TPSA) is 84.1 Å². The van der Waals surface area contributed by atoms with E-state index in [1.807, 2.05) is 18.9 Å². The molecule has 0 aliphatic carbocycles. The van der Waals surface area contributed by atoms with E-state index >= 15 is 0 Å². The van der Waals surface area contributed by atoms with Crippen molar-refractivity contribution < 1.29 is 9.90 Å². The molecule has 0 radical (unpaired) electrons. The second-order valence-corrected chi connectivity index (χ2v) is 5.73. The number of hydrogen-bond donors (Lipinski definition) is 1. The number of aromatic nitrogens is 4. The number of nitrogens with zero attached hydrogens (tertiary/aromatic N) is 5. The van der Waals surface area contributed by atoms with Crippen molar-refractivity contribution in [2.75, 3.05) is 13.1 Å². The molecule has 2 heterocycles. The molecule has 0 atom stereocenters. The fourth-order valence-electron chi connectivity index (χ4n) is 2.93. The lowest BCUT2D eigenvalue weighted by Crippen LogP contribution is -2.38. The normalized spacial score (nSPS) is 16.0. The van der Waals surface area contributed by atoms with Crippen LogP contribution in [0.3, 0.4) is 0 Å². The minimum Gasteiger partial charge on any atom is -0.508 e. The van der Waals surface area contributed by atoms with Crippen molar-refractivity contribution in [1.82, 2.24) is 25.1 Å². The molecule has 22 heavy (non-hydrogen) atoms. The highest BCUT2D eigenvalue weighted by Crippen LogP contribution is 2.27. The number of likely N-dealkylation sites (tertiary alicyclic amines) is 1. The van der Waals surface area contributed by atoms with Gasteiger partial charge >= 0.3 is 0 Å². The highest BCUT2D eigenvalue weighted by atomic mass is 16.3. The molecule has 1 N–H and O–H groups in total. The number of amides is 1. The Morgan fingerprint density at radius 3 is 2.68 bits per heavy atom. The second kappa shape index (κ2) is 5.75. The molecule has 1 aliphatic heterocycles. The lowest BCUT2D eigenvalue weighted by Gasteiger charge is -2.31. The first-order chi connectivity index (χ1) is 10.6. The molecule has 0 spiro atoms. The van der Waals surface area contributed by atoms with Crippen LogP contribution in [0.1, 0.15) is 40.5 Å². The van der Waals surface area contributed by atoms with Gasteiger partial charge in [-0.05, 0) is 47.9 Å². The summed E-state index contributed by atoms with van der Waals surface area (Å²) in [6, 6.07) is 4.90. The zero-order valence-electron chi connectivity index (χ0n) is 12.7. The maximum Gasteiger partial charge on any atom is 0.254 e. The molecule has 3 rings (SSSR count). The summed E-state index contributed by atoms with van der Waals surface area (Å²) < 4.78 is 1.70. The maximum absolute atomic E-state index is 12.6. The van der Waals surface area contributed by atoms with Gasteiger partial charge in [0.15, 0.2) is 5.82 Å². The number of phenols is 1. The van der Waals surface area contributed by atoms with Crippen LogP contribution >= 0.6 is 0 Å². The first-order valence-corrected chi connectivity index (χ1v) is 7.37. The van der Waals surface area contributed by atoms with Crippen molar-refractivity contribution >= 4 is 5.91 Å². The average molecular weight is 301 g/mol. The van der Waals surface area contributed by atoms with Crippen LogP contribution in [0.4, 0.5) is 0 Å². The molecule has 1 fully saturated rings. The van der Waals surface area contributed by atoms with Gasteiger partial charge in [0, 0.05) is 31.6 Å². The van der Waals surface area contributed by atoms with Crippen molar-refractivity contribution in [3.05, 3.63) is 35.2 Å². The summed E-state index contributed by atoms with van der Waals surface area (Å²) in [6.07, 6.45) is 1.69. The van der Waals surface area contributed by atoms with Gasteiger partial charge in [0.2, 0.25) is 0 Å². The quantitative estimate of drug-likeness (QED) is 0.902. The number of hydrogen-bond acceptors (Lipinski definition) is 5. The minimum atomic E-state index is -0.0251. The zero-order chi connectivity index (χ0) is 15.7. The number of piperidine rings is 1. The van der Waals surface area contributed by atoms with Crippen LogP contribution in [-0.4, -0.2) is 49.2 Å². The average Bonchev–Trinajstić information content (AvgIpc) is 2.95. The molecule has 1 aromatic heterocycles. The largest absolute Gasteiger partial charge is 0.508 e. The molecule has 1 aromatic carbocycles. The van der Waals surface area contributed by atoms with E-state index in [9.17, 15) is 9.90 Å². The number of carbonyl (C=O) groups excluding carboxylic acids is 1. The molecular formula is C15H19N5O2. The number of aryl methyl sites for hydroxylation is 2. The Balaban J connectivity index is 1.70. The third-order valence-electron chi connectivity index (χ3n) is 4.25. The summed E-state index contributed by atoms with van der Waals surface area (Å²) >= 11 is 0. The molecule has 7 heteroatoms. The molecule has 116 valence electrons. The minimum absolute atomic E-state index is 0.0251. The molecular weight excluding hydrogens is 282 g/mol. The van der Waals surface area contributed by atoms with Gasteiger partial charge in [-0.2, -0.15) is 0 Å². The molecule has 1 aliphatic rings. The first kappa shape index (κ1) is 14.5. The second-order valence-electron chi connectivity index (χ2n) is 5.73. The van der Waals surface area contributed by atoms with E-state index in [4.69, 9.17) is 0 Å². The van der Waals surface area contributed by atoms with Crippen LogP contribution in [0.25, 0.3) is 0 Å². The van der Waals surface area contributed by atoms with Gasteiger partial charge < -0.3 is 10.0 Å². The molecule has 0 unspecified atom stereocenters. The lowest BCUT2D eigenvalue weighted by atomic mass is 9.95. The Morgan fingerprint density at radius 2 is 2.05 bits per heavy atom. The van der Waals surface area contributed by atoms with Crippen molar-refractivity contribution in [2.45, 2.75) is 25.7 Å². The Hall–Kier alpha value is -2.44. The zero-order valence-corrected chi connectivity index (χ0v) is 12.7. The molecule has 0 bridgehead atoms. The monoisotopic (exact) mass is 301 g/mol. The van der Waals surface area contributed by atoms with Crippen molar-refractivity contribution in [2.24, 2.45) is 7.05 Å². The molecule has 2 aromatic rings. The molecule has 0 saturated carbocycles. The van der Waals surface area contributed by atoms with Gasteiger partial charge in [-0.1, -0.05) is 6.07 Å². The van der Waals surface area contributed by atoms with E-state index in [-0.39, 0.29) is 17.6 Å². The van der Waals surface area contributed by atoms with E-state index in [1.165, 1.54) is 6.07 Å². The summed E-state index contributed by atoms with van der Waals surface area (Å²) in [5.41, 5.74) is 1.45. The standard InChI is InChI=1S/C15H19N5O2/c1-10-3-4-12(21)9-13(10)15(22)20-7-5-11(6-8-20)14-16-17-18-19(14)2/h3-4,9,11,21H,5-8H2,1-2H3. The SMILES string of the molecule is Cc1ccc(O)cc1C(=O)N1CCC(c2nnnn2C)CC1. The fraction of sp³-hybridized carbons (Fsp3) is 0.467. The third kappa shape index (κ3) is 2.66. The summed E-state index contributed by atoms with van der Waals surface area (Å²) in [4.78, 5) is 14.4. The van der Waals surface area contributed by atoms with Crippen LogP contribution in [-0.2, 0) is 7.05 Å². The Bertz CT molecular complexity index is 689. The third-order valence-corrected chi connectivity index (χ3v) is 4.25. The van der Waals surface area contributed by atoms with E-state index in [0.29, 0.717) is 18.7 Å². The number of carbonyl (C=O) groups is 1. The summed E-state index contributed by atoms with van der Waals surface area (Å²) in [5.74, 6) is 1.26. The number of rotatable bonds is 2. The van der Waals surface area contributed by atoms with Gasteiger partial charge in [0.1, 0.15) is 5.75 Å². The number of benzene rings is 1. The van der Waals surface area contributed by atoms with Crippen LogP contribution in [0, 0.1) is 6.92 Å². The fourth-order valence-corrected chi connectivity index (χ4v) is 2.93. The van der Waals surface area contributed by atoms with E-state index < -0.39 is 0 Å². The molecule has 1 saturated heterocycles. The van der Waals surface area contributed by atoms with Crippen LogP contribution in [0.2, 0.25) is 0 Å². The van der Waals surface area contributed by atoms with E-state index in [2.05, 4.69) is 15.5 Å². The van der Waals surface area contributed by atoms with Gasteiger partial charge in [-0.3, -0.25) is 4.79 Å². The Labute approximate surface area is 128 Å². The summed E-state index contributed by atoms with van der Waals surface area (Å²) in [5, 5.41) is 21.2. The van der Waals surface area contributed by atoms with Crippen molar-refractivity contribution in [3.63, 3.8) is 0 Å². The van der Waals surface area contributed by atoms with Gasteiger partial charge in [-0.15, -0.1) is 5.10 Å². The van der Waals surface area contributed by atoms with Gasteiger partial charge in [-0.25, -0.2) is 4.68 Å². The van der Waals surface area contributed by atoms with Gasteiger partial charge in [0.25, 0.3) is 5.91 Å². The van der Waals surface area contributed by atoms with E-state index in [0.717, 1.165) is 24.2 Å².